The zero-order valence-electron chi connectivity index (χ0n) is 15.3. The van der Waals surface area contributed by atoms with Crippen LogP contribution in [0.25, 0.3) is 0 Å². The van der Waals surface area contributed by atoms with E-state index in [1.807, 2.05) is 32.9 Å². The number of nitrogens with one attached hydrogen (secondary N) is 1. The lowest BCUT2D eigenvalue weighted by Crippen LogP contribution is -2.18. The van der Waals surface area contributed by atoms with Gasteiger partial charge in [-0.15, -0.1) is 0 Å². The smallest absolute Gasteiger partial charge is 0.349 e. The van der Waals surface area contributed by atoms with Gasteiger partial charge in [0.15, 0.2) is 6.61 Å². The maximum absolute atomic E-state index is 12.0. The highest BCUT2D eigenvalue weighted by molar-refractivity contribution is 6.31. The lowest BCUT2D eigenvalue weighted by Gasteiger charge is -2.15. The van der Waals surface area contributed by atoms with Crippen LogP contribution in [0.15, 0.2) is 36.4 Å². The number of amides is 1. The van der Waals surface area contributed by atoms with Crippen LogP contribution in [0.3, 0.4) is 0 Å². The monoisotopic (exact) mass is 375 g/mol. The maximum Gasteiger partial charge on any atom is 0.349 e. The first kappa shape index (κ1) is 19.8. The molecule has 2 rings (SSSR count). The SMILES string of the molecule is CC(=O)Nc1ccc(OC(=O)COc2cc(C)c(Cl)cc2C(C)C)cc1. The molecule has 2 aromatic carbocycles. The van der Waals surface area contributed by atoms with Crippen LogP contribution in [0.1, 0.15) is 37.8 Å². The molecule has 2 aromatic rings. The number of benzene rings is 2. The van der Waals surface area contributed by atoms with Crippen molar-refractivity contribution >= 4 is 29.2 Å². The van der Waals surface area contributed by atoms with Crippen LogP contribution < -0.4 is 14.8 Å². The van der Waals surface area contributed by atoms with Gasteiger partial charge in [0.05, 0.1) is 0 Å². The number of hydrogen-bond donors (Lipinski definition) is 1. The molecule has 26 heavy (non-hydrogen) atoms. The summed E-state index contributed by atoms with van der Waals surface area (Å²) >= 11 is 6.17. The van der Waals surface area contributed by atoms with Gasteiger partial charge in [-0.2, -0.15) is 0 Å². The summed E-state index contributed by atoms with van der Waals surface area (Å²) in [6, 6.07) is 10.2. The summed E-state index contributed by atoms with van der Waals surface area (Å²) in [5, 5.41) is 3.31. The molecule has 0 fully saturated rings. The Morgan fingerprint density at radius 2 is 1.81 bits per heavy atom. The fourth-order valence-corrected chi connectivity index (χ4v) is 2.53. The third-order valence-corrected chi connectivity index (χ3v) is 4.07. The number of halogens is 1. The first-order chi connectivity index (χ1) is 12.3. The molecule has 0 aromatic heterocycles. The first-order valence-electron chi connectivity index (χ1n) is 8.27. The van der Waals surface area contributed by atoms with Crippen molar-refractivity contribution in [1.82, 2.24) is 0 Å². The van der Waals surface area contributed by atoms with E-state index in [1.165, 1.54) is 6.92 Å². The molecule has 6 heteroatoms. The van der Waals surface area contributed by atoms with Gasteiger partial charge in [0, 0.05) is 17.6 Å². The predicted octanol–water partition coefficient (Wildman–Crippen LogP) is 4.71. The van der Waals surface area contributed by atoms with E-state index in [9.17, 15) is 9.59 Å². The molecule has 0 aliphatic heterocycles. The van der Waals surface area contributed by atoms with Gasteiger partial charge >= 0.3 is 5.97 Å². The third kappa shape index (κ3) is 5.49. The van der Waals surface area contributed by atoms with E-state index in [-0.39, 0.29) is 18.4 Å². The number of hydrogen-bond acceptors (Lipinski definition) is 4. The number of rotatable bonds is 6. The van der Waals surface area contributed by atoms with E-state index in [1.54, 1.807) is 24.3 Å². The third-order valence-electron chi connectivity index (χ3n) is 3.66. The Morgan fingerprint density at radius 3 is 2.38 bits per heavy atom. The van der Waals surface area contributed by atoms with E-state index >= 15 is 0 Å². The molecule has 0 radical (unpaired) electrons. The quantitative estimate of drug-likeness (QED) is 0.586. The molecule has 1 amide bonds. The van der Waals surface area contributed by atoms with Crippen LogP contribution in [0.2, 0.25) is 5.02 Å². The zero-order chi connectivity index (χ0) is 19.3. The Balaban J connectivity index is 1.99. The van der Waals surface area contributed by atoms with Crippen LogP contribution in [0, 0.1) is 6.92 Å². The van der Waals surface area contributed by atoms with Crippen LogP contribution >= 0.6 is 11.6 Å². The van der Waals surface area contributed by atoms with Crippen LogP contribution in [-0.2, 0) is 9.59 Å². The molecule has 0 aliphatic carbocycles. The Hall–Kier alpha value is -2.53. The number of carbonyl (C=O) groups is 2. The lowest BCUT2D eigenvalue weighted by atomic mass is 10.0. The average Bonchev–Trinajstić information content (AvgIpc) is 2.56. The van der Waals surface area contributed by atoms with Crippen LogP contribution in [-0.4, -0.2) is 18.5 Å². The summed E-state index contributed by atoms with van der Waals surface area (Å²) in [5.74, 6) is 0.534. The molecule has 1 N–H and O–H groups in total. The van der Waals surface area contributed by atoms with Gasteiger partial charge in [-0.05, 0) is 60.4 Å². The van der Waals surface area contributed by atoms with Gasteiger partial charge < -0.3 is 14.8 Å². The van der Waals surface area contributed by atoms with Crippen molar-refractivity contribution in [3.05, 3.63) is 52.5 Å². The molecular weight excluding hydrogens is 354 g/mol. The molecular formula is C20H22ClNO4. The zero-order valence-corrected chi connectivity index (χ0v) is 16.0. The van der Waals surface area contributed by atoms with Gasteiger partial charge in [-0.3, -0.25) is 4.79 Å². The summed E-state index contributed by atoms with van der Waals surface area (Å²) < 4.78 is 10.9. The van der Waals surface area contributed by atoms with Crippen molar-refractivity contribution in [3.8, 4) is 11.5 Å². The molecule has 138 valence electrons. The first-order valence-corrected chi connectivity index (χ1v) is 8.65. The maximum atomic E-state index is 12.0. The molecule has 0 bridgehead atoms. The number of anilines is 1. The number of aryl methyl sites for hydroxylation is 1. The summed E-state index contributed by atoms with van der Waals surface area (Å²) in [4.78, 5) is 23.0. The van der Waals surface area contributed by atoms with E-state index in [2.05, 4.69) is 5.32 Å². The van der Waals surface area contributed by atoms with Crippen molar-refractivity contribution in [3.63, 3.8) is 0 Å². The lowest BCUT2D eigenvalue weighted by molar-refractivity contribution is -0.136. The Kier molecular flexibility index (Phi) is 6.64. The highest BCUT2D eigenvalue weighted by atomic mass is 35.5. The van der Waals surface area contributed by atoms with Crippen molar-refractivity contribution in [2.45, 2.75) is 33.6 Å². The van der Waals surface area contributed by atoms with Crippen molar-refractivity contribution < 1.29 is 19.1 Å². The number of carbonyl (C=O) groups excluding carboxylic acids is 2. The molecule has 0 atom stereocenters. The molecule has 0 unspecified atom stereocenters. The van der Waals surface area contributed by atoms with E-state index in [0.29, 0.717) is 22.2 Å². The summed E-state index contributed by atoms with van der Waals surface area (Å²) in [6.45, 7) is 7.16. The van der Waals surface area contributed by atoms with Crippen LogP contribution in [0.5, 0.6) is 11.5 Å². The number of ether oxygens (including phenoxy) is 2. The molecule has 5 nitrogen and oxygen atoms in total. The van der Waals surface area contributed by atoms with Crippen molar-refractivity contribution in [2.24, 2.45) is 0 Å². The molecule has 0 aliphatic rings. The second-order valence-corrected chi connectivity index (χ2v) is 6.67. The van der Waals surface area contributed by atoms with Crippen molar-refractivity contribution in [2.75, 3.05) is 11.9 Å². The minimum absolute atomic E-state index is 0.164. The van der Waals surface area contributed by atoms with E-state index in [4.69, 9.17) is 21.1 Å². The summed E-state index contributed by atoms with van der Waals surface area (Å²) in [5.41, 5.74) is 2.45. The van der Waals surface area contributed by atoms with Gasteiger partial charge in [0.25, 0.3) is 0 Å². The number of esters is 1. The largest absolute Gasteiger partial charge is 0.482 e. The van der Waals surface area contributed by atoms with Gasteiger partial charge in [0.1, 0.15) is 11.5 Å². The minimum atomic E-state index is -0.514. The van der Waals surface area contributed by atoms with E-state index < -0.39 is 5.97 Å². The van der Waals surface area contributed by atoms with Gasteiger partial charge in [-0.25, -0.2) is 4.79 Å². The fourth-order valence-electron chi connectivity index (χ4n) is 2.35. The molecule has 0 spiro atoms. The minimum Gasteiger partial charge on any atom is -0.482 e. The topological polar surface area (TPSA) is 64.6 Å². The Labute approximate surface area is 158 Å². The van der Waals surface area contributed by atoms with Gasteiger partial charge in [0.2, 0.25) is 5.91 Å². The Morgan fingerprint density at radius 1 is 1.15 bits per heavy atom. The molecule has 0 saturated carbocycles. The van der Waals surface area contributed by atoms with Gasteiger partial charge in [-0.1, -0.05) is 25.4 Å². The summed E-state index contributed by atoms with van der Waals surface area (Å²) in [6.07, 6.45) is 0. The fraction of sp³-hybridized carbons (Fsp3) is 0.300. The second kappa shape index (κ2) is 8.72. The van der Waals surface area contributed by atoms with Crippen molar-refractivity contribution in [1.29, 1.82) is 0 Å². The standard InChI is InChI=1S/C20H22ClNO4/c1-12(2)17-10-18(21)13(3)9-19(17)25-11-20(24)26-16-7-5-15(6-8-16)22-14(4)23/h5-10,12H,11H2,1-4H3,(H,22,23). The van der Waals surface area contributed by atoms with Crippen LogP contribution in [0.4, 0.5) is 5.69 Å². The average molecular weight is 376 g/mol. The normalized spacial score (nSPS) is 10.5. The van der Waals surface area contributed by atoms with E-state index in [0.717, 1.165) is 11.1 Å². The predicted molar refractivity (Wildman–Crippen MR) is 102 cm³/mol. The second-order valence-electron chi connectivity index (χ2n) is 6.26. The highest BCUT2D eigenvalue weighted by Crippen LogP contribution is 2.32. The highest BCUT2D eigenvalue weighted by Gasteiger charge is 2.13. The molecule has 0 heterocycles. The summed E-state index contributed by atoms with van der Waals surface area (Å²) in [7, 11) is 0. The molecule has 0 saturated heterocycles. The Bertz CT molecular complexity index is 800.